The second-order valence-electron chi connectivity index (χ2n) is 6.71. The van der Waals surface area contributed by atoms with Crippen LogP contribution in [-0.4, -0.2) is 45.5 Å². The number of carbonyl (C=O) groups excluding carboxylic acids is 1. The third-order valence-electron chi connectivity index (χ3n) is 4.66. The number of nitrogens with zero attached hydrogens (tertiary/aromatic N) is 1. The van der Waals surface area contributed by atoms with Gasteiger partial charge in [0.05, 0.1) is 0 Å². The number of hydrogen-bond acceptors (Lipinski definition) is 4. The summed E-state index contributed by atoms with van der Waals surface area (Å²) in [6.07, 6.45) is 2.60. The summed E-state index contributed by atoms with van der Waals surface area (Å²) in [5.74, 6) is 0.133. The molecule has 1 saturated heterocycles. The van der Waals surface area contributed by atoms with Gasteiger partial charge in [-0.25, -0.2) is 17.9 Å². The Labute approximate surface area is 164 Å². The van der Waals surface area contributed by atoms with E-state index in [1.807, 2.05) is 30.3 Å². The summed E-state index contributed by atoms with van der Waals surface area (Å²) in [6.45, 7) is 2.23. The van der Waals surface area contributed by atoms with Crippen LogP contribution >= 0.6 is 11.3 Å². The number of amides is 2. The molecule has 146 valence electrons. The molecule has 0 bridgehead atoms. The van der Waals surface area contributed by atoms with Gasteiger partial charge in [0, 0.05) is 26.2 Å². The van der Waals surface area contributed by atoms with E-state index in [1.54, 1.807) is 22.4 Å². The van der Waals surface area contributed by atoms with Crippen molar-refractivity contribution in [1.29, 1.82) is 0 Å². The number of urea groups is 1. The summed E-state index contributed by atoms with van der Waals surface area (Å²) in [5.41, 5.74) is 1.19. The van der Waals surface area contributed by atoms with Crippen LogP contribution in [0, 0.1) is 5.92 Å². The highest BCUT2D eigenvalue weighted by Gasteiger charge is 2.25. The molecule has 1 fully saturated rings. The second kappa shape index (κ2) is 9.34. The number of thiophene rings is 1. The van der Waals surface area contributed by atoms with Gasteiger partial charge in [0.25, 0.3) is 0 Å². The maximum Gasteiger partial charge on any atom is 0.317 e. The smallest absolute Gasteiger partial charge is 0.317 e. The lowest BCUT2D eigenvalue weighted by Crippen LogP contribution is -2.48. The lowest BCUT2D eigenvalue weighted by atomic mass is 9.99. The Morgan fingerprint density at radius 3 is 2.74 bits per heavy atom. The number of nitrogens with one attached hydrogen (secondary N) is 2. The van der Waals surface area contributed by atoms with Crippen LogP contribution in [0.2, 0.25) is 0 Å². The lowest BCUT2D eigenvalue weighted by molar-refractivity contribution is 0.166. The molecule has 0 radical (unpaired) electrons. The van der Waals surface area contributed by atoms with Gasteiger partial charge in [0.1, 0.15) is 4.21 Å². The van der Waals surface area contributed by atoms with Gasteiger partial charge in [0.15, 0.2) is 0 Å². The number of hydrogen-bond donors (Lipinski definition) is 2. The van der Waals surface area contributed by atoms with Gasteiger partial charge in [-0.3, -0.25) is 0 Å². The zero-order chi connectivity index (χ0) is 19.1. The van der Waals surface area contributed by atoms with Crippen molar-refractivity contribution in [2.24, 2.45) is 5.92 Å². The molecule has 1 aliphatic rings. The van der Waals surface area contributed by atoms with Gasteiger partial charge in [0.2, 0.25) is 10.0 Å². The van der Waals surface area contributed by atoms with Gasteiger partial charge in [-0.05, 0) is 42.2 Å². The molecule has 2 heterocycles. The third-order valence-corrected chi connectivity index (χ3v) is 7.48. The van der Waals surface area contributed by atoms with Crippen molar-refractivity contribution < 1.29 is 13.2 Å². The van der Waals surface area contributed by atoms with Gasteiger partial charge < -0.3 is 10.2 Å². The molecule has 2 N–H and O–H groups in total. The molecule has 2 aromatic rings. The van der Waals surface area contributed by atoms with Crippen LogP contribution in [0.5, 0.6) is 0 Å². The van der Waals surface area contributed by atoms with E-state index in [2.05, 4.69) is 10.0 Å². The van der Waals surface area contributed by atoms with Crippen molar-refractivity contribution >= 4 is 27.4 Å². The fraction of sp³-hybridized carbons (Fsp3) is 0.421. The normalized spacial score (nSPS) is 17.6. The van der Waals surface area contributed by atoms with Crippen molar-refractivity contribution in [3.8, 4) is 0 Å². The standard InChI is InChI=1S/C19H25N3O3S2/c23-19(20-11-10-16-6-2-1-3-7-16)22-12-4-8-17(15-22)14-21-27(24,25)18-9-5-13-26-18/h1-3,5-7,9,13,17,21H,4,8,10-12,14-15H2,(H,20,23)/t17-/m0/s1. The maximum absolute atomic E-state index is 12.4. The first-order chi connectivity index (χ1) is 13.0. The number of rotatable bonds is 7. The number of carbonyl (C=O) groups is 1. The van der Waals surface area contributed by atoms with Crippen molar-refractivity contribution in [2.75, 3.05) is 26.2 Å². The summed E-state index contributed by atoms with van der Waals surface area (Å²) in [7, 11) is -3.45. The fourth-order valence-corrected chi connectivity index (χ4v) is 5.36. The lowest BCUT2D eigenvalue weighted by Gasteiger charge is -2.32. The van der Waals surface area contributed by atoms with Crippen LogP contribution < -0.4 is 10.0 Å². The Morgan fingerprint density at radius 1 is 1.19 bits per heavy atom. The van der Waals surface area contributed by atoms with Crippen molar-refractivity contribution in [3.05, 3.63) is 53.4 Å². The summed E-state index contributed by atoms with van der Waals surface area (Å²) in [5, 5.41) is 4.71. The molecule has 27 heavy (non-hydrogen) atoms. The van der Waals surface area contributed by atoms with Crippen LogP contribution in [0.4, 0.5) is 4.79 Å². The Bertz CT molecular complexity index is 823. The monoisotopic (exact) mass is 407 g/mol. The highest BCUT2D eigenvalue weighted by atomic mass is 32.2. The molecule has 1 aromatic heterocycles. The average molecular weight is 408 g/mol. The van der Waals surface area contributed by atoms with Gasteiger partial charge >= 0.3 is 6.03 Å². The van der Waals surface area contributed by atoms with Gasteiger partial charge in [-0.1, -0.05) is 36.4 Å². The molecule has 1 aromatic carbocycles. The van der Waals surface area contributed by atoms with Gasteiger partial charge in [-0.15, -0.1) is 11.3 Å². The van der Waals surface area contributed by atoms with Crippen molar-refractivity contribution in [2.45, 2.75) is 23.5 Å². The molecular formula is C19H25N3O3S2. The first-order valence-electron chi connectivity index (χ1n) is 9.14. The average Bonchev–Trinajstić information content (AvgIpc) is 3.23. The molecule has 2 amide bonds. The largest absolute Gasteiger partial charge is 0.338 e. The number of likely N-dealkylation sites (tertiary alicyclic amines) is 1. The molecule has 0 aliphatic carbocycles. The van der Waals surface area contributed by atoms with E-state index >= 15 is 0 Å². The van der Waals surface area contributed by atoms with Gasteiger partial charge in [-0.2, -0.15) is 0 Å². The van der Waals surface area contributed by atoms with E-state index in [0.717, 1.165) is 19.3 Å². The third kappa shape index (κ3) is 5.79. The fourth-order valence-electron chi connectivity index (χ4n) is 3.20. The predicted molar refractivity (Wildman–Crippen MR) is 107 cm³/mol. The summed E-state index contributed by atoms with van der Waals surface area (Å²) in [6, 6.07) is 13.3. The molecule has 1 atom stereocenters. The molecule has 3 rings (SSSR count). The van der Waals surface area contributed by atoms with E-state index in [1.165, 1.54) is 16.9 Å². The van der Waals surface area contributed by atoms with Crippen molar-refractivity contribution in [1.82, 2.24) is 14.9 Å². The maximum atomic E-state index is 12.4. The zero-order valence-corrected chi connectivity index (χ0v) is 16.8. The zero-order valence-electron chi connectivity index (χ0n) is 15.1. The predicted octanol–water partition coefficient (Wildman–Crippen LogP) is 2.69. The number of benzene rings is 1. The van der Waals surface area contributed by atoms with E-state index < -0.39 is 10.0 Å². The molecule has 0 saturated carbocycles. The minimum Gasteiger partial charge on any atom is -0.338 e. The van der Waals surface area contributed by atoms with E-state index in [-0.39, 0.29) is 11.9 Å². The summed E-state index contributed by atoms with van der Waals surface area (Å²) < 4.78 is 27.5. The minimum atomic E-state index is -3.45. The van der Waals surface area contributed by atoms with E-state index in [0.29, 0.717) is 30.4 Å². The molecule has 0 unspecified atom stereocenters. The summed E-state index contributed by atoms with van der Waals surface area (Å²) in [4.78, 5) is 14.2. The minimum absolute atomic E-state index is 0.0725. The Balaban J connectivity index is 1.44. The first-order valence-corrected chi connectivity index (χ1v) is 11.5. The molecule has 6 nitrogen and oxygen atoms in total. The Morgan fingerprint density at radius 2 is 2.00 bits per heavy atom. The SMILES string of the molecule is O=C(NCCc1ccccc1)N1CCC[C@@H](CNS(=O)(=O)c2cccs2)C1. The molecule has 1 aliphatic heterocycles. The quantitative estimate of drug-likeness (QED) is 0.741. The molecular weight excluding hydrogens is 382 g/mol. The van der Waals surface area contributed by atoms with E-state index in [4.69, 9.17) is 0 Å². The second-order valence-corrected chi connectivity index (χ2v) is 9.65. The Hall–Kier alpha value is -1.90. The number of piperidine rings is 1. The molecule has 8 heteroatoms. The highest BCUT2D eigenvalue weighted by Crippen LogP contribution is 2.19. The van der Waals surface area contributed by atoms with E-state index in [9.17, 15) is 13.2 Å². The summed E-state index contributed by atoms with van der Waals surface area (Å²) >= 11 is 1.20. The first kappa shape index (κ1) is 19.9. The molecule has 0 spiro atoms. The van der Waals surface area contributed by atoms with Crippen LogP contribution in [-0.2, 0) is 16.4 Å². The van der Waals surface area contributed by atoms with Crippen molar-refractivity contribution in [3.63, 3.8) is 0 Å². The van der Waals surface area contributed by atoms with Crippen LogP contribution in [0.1, 0.15) is 18.4 Å². The Kier molecular flexibility index (Phi) is 6.87. The highest BCUT2D eigenvalue weighted by molar-refractivity contribution is 7.91. The van der Waals surface area contributed by atoms with Crippen LogP contribution in [0.3, 0.4) is 0 Å². The topological polar surface area (TPSA) is 78.5 Å². The number of sulfonamides is 1. The van der Waals surface area contributed by atoms with Crippen LogP contribution in [0.25, 0.3) is 0 Å². The van der Waals surface area contributed by atoms with Crippen LogP contribution in [0.15, 0.2) is 52.1 Å².